The van der Waals surface area contributed by atoms with Crippen molar-refractivity contribution in [2.45, 2.75) is 32.1 Å². The van der Waals surface area contributed by atoms with Gasteiger partial charge in [-0.3, -0.25) is 4.79 Å². The molecule has 7 heteroatoms. The number of phenols is 1. The molecule has 0 bridgehead atoms. The minimum Gasteiger partial charge on any atom is -0.507 e. The van der Waals surface area contributed by atoms with Gasteiger partial charge in [-0.05, 0) is 36.5 Å². The quantitative estimate of drug-likeness (QED) is 0.753. The Kier molecular flexibility index (Phi) is 6.11. The summed E-state index contributed by atoms with van der Waals surface area (Å²) in [5.74, 6) is 2.42. The Labute approximate surface area is 182 Å². The molecule has 2 aliphatic rings. The van der Waals surface area contributed by atoms with E-state index in [9.17, 15) is 9.90 Å². The number of aromatic hydroxyl groups is 1. The number of benzene rings is 2. The van der Waals surface area contributed by atoms with Crippen LogP contribution in [0.3, 0.4) is 0 Å². The van der Waals surface area contributed by atoms with Crippen molar-refractivity contribution in [3.05, 3.63) is 41.5 Å². The number of carbonyl (C=O) groups is 1. The van der Waals surface area contributed by atoms with E-state index in [1.165, 1.54) is 7.11 Å². The van der Waals surface area contributed by atoms with Crippen LogP contribution in [0.15, 0.2) is 30.3 Å². The second-order valence-corrected chi connectivity index (χ2v) is 8.22. The Bertz CT molecular complexity index is 959. The summed E-state index contributed by atoms with van der Waals surface area (Å²) in [6.07, 6.45) is 2.36. The van der Waals surface area contributed by atoms with Gasteiger partial charge in [0.15, 0.2) is 11.5 Å². The van der Waals surface area contributed by atoms with Gasteiger partial charge in [0.25, 0.3) is 0 Å². The van der Waals surface area contributed by atoms with Crippen molar-refractivity contribution >= 4 is 5.91 Å². The van der Waals surface area contributed by atoms with Gasteiger partial charge in [0, 0.05) is 43.1 Å². The van der Waals surface area contributed by atoms with E-state index in [1.54, 1.807) is 19.2 Å². The summed E-state index contributed by atoms with van der Waals surface area (Å²) in [6, 6.07) is 8.90. The summed E-state index contributed by atoms with van der Waals surface area (Å²) in [5.41, 5.74) is 1.40. The standard InChI is InChI=1S/C24H29NO6/c1-15-5-4-8-25(13-15)23(27)12-18(16-6-7-20-21(9-16)31-14-30-20)24-19(26)10-17(28-2)11-22(24)29-3/h6-7,9-11,15,18,26H,4-5,8,12-14H2,1-3H3/t15-,18?/m1/s1. The zero-order valence-electron chi connectivity index (χ0n) is 18.2. The third-order valence-electron chi connectivity index (χ3n) is 6.09. The second-order valence-electron chi connectivity index (χ2n) is 8.22. The van der Waals surface area contributed by atoms with Crippen molar-refractivity contribution in [3.8, 4) is 28.7 Å². The van der Waals surface area contributed by atoms with Gasteiger partial charge in [-0.15, -0.1) is 0 Å². The molecule has 1 fully saturated rings. The van der Waals surface area contributed by atoms with Gasteiger partial charge in [-0.1, -0.05) is 13.0 Å². The molecular formula is C24H29NO6. The van der Waals surface area contributed by atoms with Crippen molar-refractivity contribution < 1.29 is 28.8 Å². The third-order valence-corrected chi connectivity index (χ3v) is 6.09. The van der Waals surface area contributed by atoms with Gasteiger partial charge in [0.05, 0.1) is 14.2 Å². The first-order chi connectivity index (χ1) is 15.0. The molecule has 0 spiro atoms. The minimum absolute atomic E-state index is 0.0266. The lowest BCUT2D eigenvalue weighted by Gasteiger charge is -2.32. The highest BCUT2D eigenvalue weighted by Gasteiger charge is 2.30. The fourth-order valence-electron chi connectivity index (χ4n) is 4.46. The van der Waals surface area contributed by atoms with E-state index in [0.29, 0.717) is 34.5 Å². The predicted octanol–water partition coefficient (Wildman–Crippen LogP) is 3.92. The number of methoxy groups -OCH3 is 2. The van der Waals surface area contributed by atoms with Gasteiger partial charge in [0.2, 0.25) is 12.7 Å². The Morgan fingerprint density at radius 1 is 1.19 bits per heavy atom. The van der Waals surface area contributed by atoms with Crippen molar-refractivity contribution in [2.24, 2.45) is 5.92 Å². The number of fused-ring (bicyclic) bond motifs is 1. The molecule has 0 aromatic heterocycles. The molecule has 1 amide bonds. The van der Waals surface area contributed by atoms with E-state index >= 15 is 0 Å². The molecule has 31 heavy (non-hydrogen) atoms. The number of rotatable bonds is 6. The van der Waals surface area contributed by atoms with Crippen molar-refractivity contribution in [2.75, 3.05) is 34.1 Å². The highest BCUT2D eigenvalue weighted by Crippen LogP contribution is 2.45. The van der Waals surface area contributed by atoms with Crippen LogP contribution in [0.4, 0.5) is 0 Å². The Balaban J connectivity index is 1.74. The van der Waals surface area contributed by atoms with Gasteiger partial charge in [0.1, 0.15) is 17.2 Å². The van der Waals surface area contributed by atoms with Gasteiger partial charge < -0.3 is 29.0 Å². The lowest BCUT2D eigenvalue weighted by molar-refractivity contribution is -0.133. The maximum Gasteiger partial charge on any atom is 0.231 e. The highest BCUT2D eigenvalue weighted by molar-refractivity contribution is 5.78. The number of amides is 1. The average molecular weight is 427 g/mol. The van der Waals surface area contributed by atoms with Crippen LogP contribution in [-0.2, 0) is 4.79 Å². The van der Waals surface area contributed by atoms with E-state index in [0.717, 1.165) is 31.5 Å². The lowest BCUT2D eigenvalue weighted by Crippen LogP contribution is -2.39. The second kappa shape index (κ2) is 8.96. The molecule has 2 aliphatic heterocycles. The maximum atomic E-state index is 13.3. The number of likely N-dealkylation sites (tertiary alicyclic amines) is 1. The number of ether oxygens (including phenoxy) is 4. The van der Waals surface area contributed by atoms with Crippen LogP contribution in [0, 0.1) is 5.92 Å². The summed E-state index contributed by atoms with van der Waals surface area (Å²) in [4.78, 5) is 15.2. The number of hydrogen-bond donors (Lipinski definition) is 1. The molecule has 1 N–H and O–H groups in total. The number of piperidine rings is 1. The molecule has 1 saturated heterocycles. The van der Waals surface area contributed by atoms with Crippen LogP contribution in [0.2, 0.25) is 0 Å². The van der Waals surface area contributed by atoms with E-state index in [2.05, 4.69) is 6.92 Å². The van der Waals surface area contributed by atoms with Crippen molar-refractivity contribution in [1.82, 2.24) is 4.90 Å². The number of phenolic OH excluding ortho intramolecular Hbond substituents is 1. The van der Waals surface area contributed by atoms with E-state index in [4.69, 9.17) is 18.9 Å². The summed E-state index contributed by atoms with van der Waals surface area (Å²) < 4.78 is 21.9. The van der Waals surface area contributed by atoms with Crippen LogP contribution in [0.25, 0.3) is 0 Å². The predicted molar refractivity (Wildman–Crippen MR) is 115 cm³/mol. The summed E-state index contributed by atoms with van der Waals surface area (Å²) in [7, 11) is 3.08. The van der Waals surface area contributed by atoms with Crippen LogP contribution in [0.1, 0.15) is 43.2 Å². The molecule has 2 aromatic carbocycles. The Morgan fingerprint density at radius 3 is 2.74 bits per heavy atom. The molecule has 2 atom stereocenters. The Hall–Kier alpha value is -3.09. The molecule has 0 saturated carbocycles. The van der Waals surface area contributed by atoms with Gasteiger partial charge in [-0.2, -0.15) is 0 Å². The molecule has 7 nitrogen and oxygen atoms in total. The van der Waals surface area contributed by atoms with Crippen LogP contribution in [-0.4, -0.2) is 50.0 Å². The highest BCUT2D eigenvalue weighted by atomic mass is 16.7. The fraction of sp³-hybridized carbons (Fsp3) is 0.458. The first-order valence-corrected chi connectivity index (χ1v) is 10.6. The van der Waals surface area contributed by atoms with Crippen LogP contribution in [0.5, 0.6) is 28.7 Å². The van der Waals surface area contributed by atoms with Crippen LogP contribution < -0.4 is 18.9 Å². The largest absolute Gasteiger partial charge is 0.507 e. The van der Waals surface area contributed by atoms with E-state index in [-0.39, 0.29) is 24.9 Å². The van der Waals surface area contributed by atoms with Gasteiger partial charge >= 0.3 is 0 Å². The van der Waals surface area contributed by atoms with E-state index < -0.39 is 5.92 Å². The summed E-state index contributed by atoms with van der Waals surface area (Å²) in [6.45, 7) is 3.87. The first-order valence-electron chi connectivity index (χ1n) is 10.6. The fourth-order valence-corrected chi connectivity index (χ4v) is 4.46. The first kappa shape index (κ1) is 21.2. The topological polar surface area (TPSA) is 77.5 Å². The maximum absolute atomic E-state index is 13.3. The molecule has 0 aliphatic carbocycles. The number of nitrogens with zero attached hydrogens (tertiary/aromatic N) is 1. The molecule has 2 heterocycles. The van der Waals surface area contributed by atoms with Gasteiger partial charge in [-0.25, -0.2) is 0 Å². The molecule has 0 radical (unpaired) electrons. The zero-order chi connectivity index (χ0) is 22.0. The zero-order valence-corrected chi connectivity index (χ0v) is 18.2. The third kappa shape index (κ3) is 4.36. The smallest absolute Gasteiger partial charge is 0.231 e. The summed E-state index contributed by atoms with van der Waals surface area (Å²) >= 11 is 0. The summed E-state index contributed by atoms with van der Waals surface area (Å²) in [5, 5.41) is 10.9. The molecular weight excluding hydrogens is 398 g/mol. The molecule has 4 rings (SSSR count). The molecule has 2 aromatic rings. The monoisotopic (exact) mass is 427 g/mol. The van der Waals surface area contributed by atoms with Crippen molar-refractivity contribution in [1.29, 1.82) is 0 Å². The Morgan fingerprint density at radius 2 is 2.00 bits per heavy atom. The SMILES string of the molecule is COc1cc(O)c(C(CC(=O)N2CCC[C@@H](C)C2)c2ccc3c(c2)OCO3)c(OC)c1. The number of carbonyl (C=O) groups excluding carboxylic acids is 1. The molecule has 1 unspecified atom stereocenters. The van der Waals surface area contributed by atoms with Crippen LogP contribution >= 0.6 is 0 Å². The minimum atomic E-state index is -0.417. The van der Waals surface area contributed by atoms with Crippen molar-refractivity contribution in [3.63, 3.8) is 0 Å². The number of hydrogen-bond acceptors (Lipinski definition) is 6. The normalized spacial score (nSPS) is 18.5. The lowest BCUT2D eigenvalue weighted by atomic mass is 9.86. The molecule has 166 valence electrons. The average Bonchev–Trinajstić information content (AvgIpc) is 3.25. The van der Waals surface area contributed by atoms with E-state index in [1.807, 2.05) is 23.1 Å².